The lowest BCUT2D eigenvalue weighted by Crippen LogP contribution is -2.19. The zero-order chi connectivity index (χ0) is 9.90. The van der Waals surface area contributed by atoms with Crippen molar-refractivity contribution >= 4 is 0 Å². The first kappa shape index (κ1) is 9.76. The molecule has 0 unspecified atom stereocenters. The second kappa shape index (κ2) is 3.59. The Kier molecular flexibility index (Phi) is 2.69. The molecule has 13 heavy (non-hydrogen) atoms. The van der Waals surface area contributed by atoms with Gasteiger partial charge >= 0.3 is 6.18 Å². The first-order valence-corrected chi connectivity index (χ1v) is 3.31. The molecule has 1 heterocycles. The van der Waals surface area contributed by atoms with E-state index in [4.69, 9.17) is 0 Å². The molecular formula is C7H6F3N2O. The highest BCUT2D eigenvalue weighted by Crippen LogP contribution is 2.16. The molecule has 0 saturated heterocycles. The maximum atomic E-state index is 11.6. The smallest absolute Gasteiger partial charge is 0.422 e. The molecule has 0 aromatic carbocycles. The van der Waals surface area contributed by atoms with Crippen molar-refractivity contribution in [1.29, 1.82) is 0 Å². The van der Waals surface area contributed by atoms with Gasteiger partial charge in [0.2, 0.25) is 5.88 Å². The van der Waals surface area contributed by atoms with Crippen LogP contribution in [0.1, 0.15) is 5.69 Å². The van der Waals surface area contributed by atoms with Crippen LogP contribution in [-0.2, 0) is 0 Å². The summed E-state index contributed by atoms with van der Waals surface area (Å²) in [5, 5.41) is 0. The van der Waals surface area contributed by atoms with Crippen LogP contribution in [0.4, 0.5) is 13.2 Å². The second-order valence-corrected chi connectivity index (χ2v) is 2.25. The van der Waals surface area contributed by atoms with Gasteiger partial charge in [0.15, 0.2) is 6.61 Å². The lowest BCUT2D eigenvalue weighted by Gasteiger charge is -2.07. The van der Waals surface area contributed by atoms with E-state index in [9.17, 15) is 13.2 Å². The minimum Gasteiger partial charge on any atom is -0.467 e. The Bertz CT molecular complexity index is 270. The minimum atomic E-state index is -4.36. The third kappa shape index (κ3) is 3.73. The fourth-order valence-electron chi connectivity index (χ4n) is 0.573. The van der Waals surface area contributed by atoms with Crippen molar-refractivity contribution in [2.24, 2.45) is 0 Å². The van der Waals surface area contributed by atoms with Gasteiger partial charge in [-0.15, -0.1) is 0 Å². The molecule has 0 aliphatic carbocycles. The summed E-state index contributed by atoms with van der Waals surface area (Å²) in [4.78, 5) is 7.15. The van der Waals surface area contributed by atoms with Crippen LogP contribution in [0, 0.1) is 6.92 Å². The summed E-state index contributed by atoms with van der Waals surface area (Å²) < 4.78 is 39.2. The van der Waals surface area contributed by atoms with Gasteiger partial charge < -0.3 is 4.74 Å². The quantitative estimate of drug-likeness (QED) is 0.712. The number of halogens is 3. The van der Waals surface area contributed by atoms with E-state index in [1.165, 1.54) is 6.20 Å². The molecule has 1 aromatic heterocycles. The van der Waals surface area contributed by atoms with Crippen LogP contribution in [0.25, 0.3) is 0 Å². The van der Waals surface area contributed by atoms with E-state index >= 15 is 0 Å². The summed E-state index contributed by atoms with van der Waals surface area (Å²) in [6, 6.07) is 0. The van der Waals surface area contributed by atoms with Crippen molar-refractivity contribution in [2.75, 3.05) is 6.61 Å². The Hall–Kier alpha value is -1.33. The molecule has 1 aromatic rings. The molecular weight excluding hydrogens is 185 g/mol. The number of aromatic nitrogens is 2. The number of hydrogen-bond donors (Lipinski definition) is 0. The Morgan fingerprint density at radius 2 is 2.00 bits per heavy atom. The largest absolute Gasteiger partial charge is 0.467 e. The van der Waals surface area contributed by atoms with E-state index in [-0.39, 0.29) is 5.88 Å². The van der Waals surface area contributed by atoms with Crippen molar-refractivity contribution in [1.82, 2.24) is 9.97 Å². The van der Waals surface area contributed by atoms with Gasteiger partial charge in [-0.3, -0.25) is 4.98 Å². The number of ether oxygens (including phenoxy) is 1. The van der Waals surface area contributed by atoms with Crippen LogP contribution < -0.4 is 4.74 Å². The van der Waals surface area contributed by atoms with Gasteiger partial charge in [0, 0.05) is 0 Å². The van der Waals surface area contributed by atoms with Gasteiger partial charge in [0.05, 0.1) is 18.1 Å². The summed E-state index contributed by atoms with van der Waals surface area (Å²) in [5.74, 6) is -0.162. The van der Waals surface area contributed by atoms with Gasteiger partial charge in [0.25, 0.3) is 0 Å². The molecule has 0 N–H and O–H groups in total. The van der Waals surface area contributed by atoms with Crippen LogP contribution in [0.2, 0.25) is 0 Å². The molecule has 3 nitrogen and oxygen atoms in total. The zero-order valence-electron chi connectivity index (χ0n) is 6.51. The van der Waals surface area contributed by atoms with Gasteiger partial charge in [0.1, 0.15) is 0 Å². The number of nitrogens with zero attached hydrogens (tertiary/aromatic N) is 2. The van der Waals surface area contributed by atoms with Crippen LogP contribution in [0.5, 0.6) is 5.88 Å². The summed E-state index contributed by atoms with van der Waals surface area (Å²) in [6.07, 6.45) is -2.04. The molecule has 0 fully saturated rings. The molecule has 0 aliphatic heterocycles. The molecule has 0 atom stereocenters. The van der Waals surface area contributed by atoms with Crippen molar-refractivity contribution < 1.29 is 17.9 Å². The van der Waals surface area contributed by atoms with E-state index in [0.717, 1.165) is 6.20 Å². The third-order valence-corrected chi connectivity index (χ3v) is 1.07. The van der Waals surface area contributed by atoms with E-state index in [2.05, 4.69) is 21.6 Å². The Morgan fingerprint density at radius 1 is 1.31 bits per heavy atom. The average Bonchev–Trinajstić information content (AvgIpc) is 2.02. The number of alkyl halides is 3. The van der Waals surface area contributed by atoms with Gasteiger partial charge in [-0.2, -0.15) is 13.2 Å². The van der Waals surface area contributed by atoms with E-state index in [0.29, 0.717) is 5.69 Å². The Balaban J connectivity index is 2.51. The highest BCUT2D eigenvalue weighted by atomic mass is 19.4. The molecule has 71 valence electrons. The van der Waals surface area contributed by atoms with Crippen molar-refractivity contribution in [3.63, 3.8) is 0 Å². The van der Waals surface area contributed by atoms with E-state index < -0.39 is 12.8 Å². The second-order valence-electron chi connectivity index (χ2n) is 2.25. The number of hydrogen-bond acceptors (Lipinski definition) is 3. The van der Waals surface area contributed by atoms with E-state index in [1.54, 1.807) is 0 Å². The summed E-state index contributed by atoms with van der Waals surface area (Å²) in [6.45, 7) is 2.06. The third-order valence-electron chi connectivity index (χ3n) is 1.07. The highest BCUT2D eigenvalue weighted by Gasteiger charge is 2.28. The minimum absolute atomic E-state index is 0.162. The lowest BCUT2D eigenvalue weighted by molar-refractivity contribution is -0.154. The maximum Gasteiger partial charge on any atom is 0.422 e. The predicted molar refractivity (Wildman–Crippen MR) is 38.0 cm³/mol. The number of rotatable bonds is 2. The van der Waals surface area contributed by atoms with Gasteiger partial charge in [-0.25, -0.2) is 4.98 Å². The average molecular weight is 191 g/mol. The zero-order valence-corrected chi connectivity index (χ0v) is 6.51. The standard InChI is InChI=1S/C7H6F3N2O/c1-5-2-12-6(3-11-5)13-4-7(8,9)10/h2-3H,1,4H2. The molecule has 0 bridgehead atoms. The lowest BCUT2D eigenvalue weighted by atomic mass is 10.5. The predicted octanol–water partition coefficient (Wildman–Crippen LogP) is 1.60. The topological polar surface area (TPSA) is 35.0 Å². The fraction of sp³-hybridized carbons (Fsp3) is 0.286. The van der Waals surface area contributed by atoms with Crippen LogP contribution >= 0.6 is 0 Å². The van der Waals surface area contributed by atoms with Crippen molar-refractivity contribution in [2.45, 2.75) is 6.18 Å². The molecule has 0 saturated carbocycles. The van der Waals surface area contributed by atoms with Crippen molar-refractivity contribution in [3.8, 4) is 5.88 Å². The monoisotopic (exact) mass is 191 g/mol. The van der Waals surface area contributed by atoms with Crippen LogP contribution in [0.3, 0.4) is 0 Å². The van der Waals surface area contributed by atoms with E-state index in [1.807, 2.05) is 0 Å². The Morgan fingerprint density at radius 3 is 2.46 bits per heavy atom. The normalized spacial score (nSPS) is 11.4. The molecule has 6 heteroatoms. The van der Waals surface area contributed by atoms with Gasteiger partial charge in [-0.05, 0) is 6.92 Å². The van der Waals surface area contributed by atoms with Crippen LogP contribution in [0.15, 0.2) is 12.4 Å². The SMILES string of the molecule is [CH2]c1cnc(OCC(F)(F)F)cn1. The molecule has 0 amide bonds. The molecule has 0 aliphatic rings. The summed E-state index contributed by atoms with van der Waals surface area (Å²) in [5.41, 5.74) is 0.374. The first-order chi connectivity index (χ1) is 5.97. The summed E-state index contributed by atoms with van der Waals surface area (Å²) >= 11 is 0. The fourth-order valence-corrected chi connectivity index (χ4v) is 0.573. The summed E-state index contributed by atoms with van der Waals surface area (Å²) in [7, 11) is 0. The molecule has 1 radical (unpaired) electrons. The Labute approximate surface area is 72.6 Å². The maximum absolute atomic E-state index is 11.6. The van der Waals surface area contributed by atoms with Gasteiger partial charge in [-0.1, -0.05) is 0 Å². The van der Waals surface area contributed by atoms with Crippen LogP contribution in [-0.4, -0.2) is 22.8 Å². The highest BCUT2D eigenvalue weighted by molar-refractivity contribution is 5.08. The first-order valence-electron chi connectivity index (χ1n) is 3.31. The van der Waals surface area contributed by atoms with Crippen molar-refractivity contribution in [3.05, 3.63) is 25.0 Å². The molecule has 1 rings (SSSR count). The molecule has 0 spiro atoms.